The van der Waals surface area contributed by atoms with E-state index >= 15 is 0 Å². The minimum absolute atomic E-state index is 0.0239. The smallest absolute Gasteiger partial charge is 0.378 e. The molecule has 182 valence electrons. The summed E-state index contributed by atoms with van der Waals surface area (Å²) < 4.78 is 88.9. The Kier molecular flexibility index (Phi) is 5.62. The Morgan fingerprint density at radius 1 is 0.943 bits per heavy atom. The Hall–Kier alpha value is -3.67. The second-order valence-corrected chi connectivity index (χ2v) is 7.90. The molecule has 35 heavy (non-hydrogen) atoms. The van der Waals surface area contributed by atoms with Gasteiger partial charge in [0, 0.05) is 42.8 Å². The first-order chi connectivity index (χ1) is 16.6. The van der Waals surface area contributed by atoms with Crippen molar-refractivity contribution in [2.24, 2.45) is 0 Å². The highest BCUT2D eigenvalue weighted by molar-refractivity contribution is 5.92. The molecule has 1 N–H and O–H groups in total. The largest absolute Gasteiger partial charge is 0.419 e. The zero-order chi connectivity index (χ0) is 24.8. The quantitative estimate of drug-likeness (QED) is 0.379. The normalized spacial score (nSPS) is 15.1. The van der Waals surface area contributed by atoms with Crippen molar-refractivity contribution < 1.29 is 31.1 Å². The highest BCUT2D eigenvalue weighted by Gasteiger charge is 2.39. The summed E-state index contributed by atoms with van der Waals surface area (Å²) in [7, 11) is 0. The molecule has 1 aliphatic heterocycles. The number of morpholine rings is 1. The van der Waals surface area contributed by atoms with Gasteiger partial charge in [0.1, 0.15) is 11.3 Å². The molecule has 1 saturated heterocycles. The van der Waals surface area contributed by atoms with Crippen LogP contribution in [0.5, 0.6) is 0 Å². The van der Waals surface area contributed by atoms with Crippen molar-refractivity contribution in [3.63, 3.8) is 0 Å². The molecular weight excluding hydrogens is 476 g/mol. The van der Waals surface area contributed by atoms with Crippen LogP contribution in [0.4, 0.5) is 32.0 Å². The van der Waals surface area contributed by atoms with Gasteiger partial charge in [-0.05, 0) is 30.3 Å². The fourth-order valence-electron chi connectivity index (χ4n) is 4.10. The minimum Gasteiger partial charge on any atom is -0.378 e. The summed E-state index contributed by atoms with van der Waals surface area (Å²) in [4.78, 5) is 16.5. The topological polar surface area (TPSA) is 66.9 Å². The van der Waals surface area contributed by atoms with Gasteiger partial charge in [-0.3, -0.25) is 9.97 Å². The molecular formula is C23H17F6N5O. The van der Waals surface area contributed by atoms with Crippen molar-refractivity contribution in [1.29, 1.82) is 0 Å². The molecule has 0 amide bonds. The first-order valence-corrected chi connectivity index (χ1v) is 10.5. The molecule has 0 atom stereocenters. The van der Waals surface area contributed by atoms with Crippen LogP contribution in [0.25, 0.3) is 33.7 Å². The Morgan fingerprint density at radius 3 is 2.37 bits per heavy atom. The first kappa shape index (κ1) is 23.1. The van der Waals surface area contributed by atoms with Gasteiger partial charge < -0.3 is 14.6 Å². The van der Waals surface area contributed by atoms with Gasteiger partial charge in [-0.25, -0.2) is 4.98 Å². The number of hydrogen-bond acceptors (Lipinski definition) is 5. The Labute approximate surface area is 194 Å². The number of anilines is 1. The van der Waals surface area contributed by atoms with Gasteiger partial charge in [-0.2, -0.15) is 26.3 Å². The van der Waals surface area contributed by atoms with Crippen LogP contribution in [0.2, 0.25) is 0 Å². The van der Waals surface area contributed by atoms with Crippen LogP contribution in [0.3, 0.4) is 0 Å². The van der Waals surface area contributed by atoms with E-state index in [1.807, 2.05) is 0 Å². The van der Waals surface area contributed by atoms with Gasteiger partial charge in [-0.15, -0.1) is 0 Å². The molecule has 0 aliphatic carbocycles. The Balaban J connectivity index is 1.74. The Bertz CT molecular complexity index is 1360. The van der Waals surface area contributed by atoms with Gasteiger partial charge in [0.2, 0.25) is 0 Å². The highest BCUT2D eigenvalue weighted by Crippen LogP contribution is 2.43. The predicted octanol–water partition coefficient (Wildman–Crippen LogP) is 5.56. The zero-order valence-electron chi connectivity index (χ0n) is 17.9. The molecule has 6 nitrogen and oxygen atoms in total. The molecule has 0 radical (unpaired) electrons. The number of alkyl halides is 6. The second-order valence-electron chi connectivity index (χ2n) is 7.90. The number of nitrogens with one attached hydrogen (secondary N) is 1. The summed E-state index contributed by atoms with van der Waals surface area (Å²) >= 11 is 0. The molecule has 3 aromatic heterocycles. The summed E-state index contributed by atoms with van der Waals surface area (Å²) in [5, 5.41) is 0. The van der Waals surface area contributed by atoms with E-state index in [2.05, 4.69) is 19.9 Å². The van der Waals surface area contributed by atoms with Crippen LogP contribution in [-0.2, 0) is 17.1 Å². The fourth-order valence-corrected chi connectivity index (χ4v) is 4.10. The van der Waals surface area contributed by atoms with Crippen LogP contribution in [0.1, 0.15) is 11.1 Å². The molecule has 5 rings (SSSR count). The van der Waals surface area contributed by atoms with Crippen molar-refractivity contribution in [2.45, 2.75) is 12.4 Å². The molecule has 0 bridgehead atoms. The molecule has 0 spiro atoms. The molecule has 1 aromatic carbocycles. The number of rotatable bonds is 3. The molecule has 4 aromatic rings. The number of ether oxygens (including phenoxy) is 1. The molecule has 0 saturated carbocycles. The minimum atomic E-state index is -4.82. The van der Waals surface area contributed by atoms with Crippen LogP contribution < -0.4 is 4.90 Å². The van der Waals surface area contributed by atoms with Crippen LogP contribution in [-0.4, -0.2) is 46.2 Å². The number of halogens is 6. The number of nitrogens with zero attached hydrogens (tertiary/aromatic N) is 4. The van der Waals surface area contributed by atoms with Gasteiger partial charge in [0.05, 0.1) is 41.2 Å². The second kappa shape index (κ2) is 8.52. The SMILES string of the molecule is FC(F)(F)c1cc(N2CCOCC2)c2nc(-c3ccnc(-c4cccnc4)c3C(F)(F)F)[nH]c2c1. The number of aromatic nitrogens is 4. The average molecular weight is 493 g/mol. The number of hydrogen-bond donors (Lipinski definition) is 1. The maximum Gasteiger partial charge on any atom is 0.419 e. The maximum atomic E-state index is 14.3. The fraction of sp³-hybridized carbons (Fsp3) is 0.261. The zero-order valence-corrected chi connectivity index (χ0v) is 17.9. The number of H-pyrrole nitrogens is 1. The van der Waals surface area contributed by atoms with Crippen LogP contribution >= 0.6 is 0 Å². The van der Waals surface area contributed by atoms with Crippen molar-refractivity contribution in [1.82, 2.24) is 19.9 Å². The number of pyridine rings is 2. The standard InChI is InChI=1S/C23H17F6N5O/c24-22(25,26)14-10-16-20(17(11-14)34-6-8-35-9-7-34)33-21(32-16)15-3-5-31-19(18(15)23(27,28)29)13-2-1-4-30-12-13/h1-5,10-12H,6-9H2,(H,32,33). The number of benzene rings is 1. The van der Waals surface area contributed by atoms with E-state index in [9.17, 15) is 26.3 Å². The van der Waals surface area contributed by atoms with Gasteiger partial charge in [0.25, 0.3) is 0 Å². The van der Waals surface area contributed by atoms with E-state index in [1.165, 1.54) is 30.7 Å². The van der Waals surface area contributed by atoms with E-state index < -0.39 is 23.5 Å². The average Bonchev–Trinajstić information content (AvgIpc) is 3.27. The summed E-state index contributed by atoms with van der Waals surface area (Å²) in [5.41, 5.74) is -2.23. The summed E-state index contributed by atoms with van der Waals surface area (Å²) in [6, 6.07) is 5.89. The number of aromatic amines is 1. The predicted molar refractivity (Wildman–Crippen MR) is 116 cm³/mol. The van der Waals surface area contributed by atoms with Gasteiger partial charge in [-0.1, -0.05) is 0 Å². The molecule has 1 aliphatic rings. The lowest BCUT2D eigenvalue weighted by Crippen LogP contribution is -2.36. The van der Waals surface area contributed by atoms with Crippen LogP contribution in [0, 0.1) is 0 Å². The summed E-state index contributed by atoms with van der Waals surface area (Å²) in [5.74, 6) is -0.214. The van der Waals surface area contributed by atoms with Crippen molar-refractivity contribution >= 4 is 16.7 Å². The molecule has 1 fully saturated rings. The summed E-state index contributed by atoms with van der Waals surface area (Å²) in [6.45, 7) is 1.28. The monoisotopic (exact) mass is 493 g/mol. The van der Waals surface area contributed by atoms with Gasteiger partial charge in [0.15, 0.2) is 0 Å². The highest BCUT2D eigenvalue weighted by atomic mass is 19.4. The van der Waals surface area contributed by atoms with Crippen molar-refractivity contribution in [3.05, 3.63) is 60.0 Å². The summed E-state index contributed by atoms with van der Waals surface area (Å²) in [6.07, 6.45) is -5.60. The third kappa shape index (κ3) is 4.41. The maximum absolute atomic E-state index is 14.3. The number of imidazole rings is 1. The Morgan fingerprint density at radius 2 is 1.71 bits per heavy atom. The van der Waals surface area contributed by atoms with E-state index in [0.717, 1.165) is 18.2 Å². The number of fused-ring (bicyclic) bond motifs is 1. The third-order valence-electron chi connectivity index (χ3n) is 5.67. The first-order valence-electron chi connectivity index (χ1n) is 10.5. The van der Waals surface area contributed by atoms with E-state index in [0.29, 0.717) is 26.3 Å². The van der Waals surface area contributed by atoms with Crippen LogP contribution in [0.15, 0.2) is 48.9 Å². The molecule has 4 heterocycles. The van der Waals surface area contributed by atoms with E-state index in [1.54, 1.807) is 4.90 Å². The van der Waals surface area contributed by atoms with Gasteiger partial charge >= 0.3 is 12.4 Å². The van der Waals surface area contributed by atoms with E-state index in [-0.39, 0.29) is 39.4 Å². The van der Waals surface area contributed by atoms with E-state index in [4.69, 9.17) is 4.74 Å². The lowest BCUT2D eigenvalue weighted by atomic mass is 10.0. The lowest BCUT2D eigenvalue weighted by Gasteiger charge is -2.29. The third-order valence-corrected chi connectivity index (χ3v) is 5.67. The van der Waals surface area contributed by atoms with Crippen molar-refractivity contribution in [3.8, 4) is 22.6 Å². The van der Waals surface area contributed by atoms with Crippen molar-refractivity contribution in [2.75, 3.05) is 31.2 Å². The molecule has 12 heteroatoms. The lowest BCUT2D eigenvalue weighted by molar-refractivity contribution is -0.138. The molecule has 0 unspecified atom stereocenters.